The van der Waals surface area contributed by atoms with Crippen molar-refractivity contribution in [2.24, 2.45) is 0 Å². The van der Waals surface area contributed by atoms with Crippen LogP contribution in [0.1, 0.15) is 10.6 Å². The number of thioether (sulfide) groups is 1. The van der Waals surface area contributed by atoms with Crippen LogP contribution >= 0.6 is 23.1 Å². The summed E-state index contributed by atoms with van der Waals surface area (Å²) < 4.78 is 1.05. The van der Waals surface area contributed by atoms with Crippen LogP contribution in [0.25, 0.3) is 0 Å². The van der Waals surface area contributed by atoms with Gasteiger partial charge in [-0.15, -0.1) is 10.2 Å². The average molecular weight is 222 g/mol. The van der Waals surface area contributed by atoms with Crippen LogP contribution in [0, 0.1) is 6.92 Å². The van der Waals surface area contributed by atoms with E-state index in [0.29, 0.717) is 0 Å². The van der Waals surface area contributed by atoms with Gasteiger partial charge in [0.15, 0.2) is 4.34 Å². The quantitative estimate of drug-likeness (QED) is 0.746. The molecule has 72 valence electrons. The first kappa shape index (κ1) is 9.68. The largest absolute Gasteiger partial charge is 0.174 e. The second-order valence-electron chi connectivity index (χ2n) is 2.86. The summed E-state index contributed by atoms with van der Waals surface area (Å²) in [6, 6.07) is 10.4. The lowest BCUT2D eigenvalue weighted by molar-refractivity contribution is 0.983. The van der Waals surface area contributed by atoms with E-state index in [-0.39, 0.29) is 0 Å². The number of nitrogens with zero attached hydrogens (tertiary/aromatic N) is 2. The predicted octanol–water partition coefficient (Wildman–Crippen LogP) is 3.14. The highest BCUT2D eigenvalue weighted by Gasteiger charge is 2.00. The molecule has 1 heterocycles. The van der Waals surface area contributed by atoms with E-state index in [4.69, 9.17) is 0 Å². The Bertz CT molecular complexity index is 398. The number of aryl methyl sites for hydroxylation is 1. The standard InChI is InChI=1S/C10H10N2S2/c1-8-11-12-10(14-8)13-7-9-5-3-2-4-6-9/h2-6H,7H2,1H3. The first-order chi connectivity index (χ1) is 6.84. The zero-order chi connectivity index (χ0) is 9.80. The second kappa shape index (κ2) is 4.57. The van der Waals surface area contributed by atoms with Gasteiger partial charge >= 0.3 is 0 Å². The Hall–Kier alpha value is -0.870. The van der Waals surface area contributed by atoms with E-state index in [9.17, 15) is 0 Å². The van der Waals surface area contributed by atoms with Crippen molar-refractivity contribution < 1.29 is 0 Å². The molecule has 0 spiro atoms. The minimum absolute atomic E-state index is 0.968. The first-order valence-electron chi connectivity index (χ1n) is 4.31. The van der Waals surface area contributed by atoms with Crippen molar-refractivity contribution in [2.75, 3.05) is 0 Å². The second-order valence-corrected chi connectivity index (χ2v) is 5.27. The SMILES string of the molecule is Cc1nnc(SCc2ccccc2)s1. The molecule has 1 aromatic heterocycles. The van der Waals surface area contributed by atoms with Crippen LogP contribution in [0.3, 0.4) is 0 Å². The number of aromatic nitrogens is 2. The maximum atomic E-state index is 4.06. The lowest BCUT2D eigenvalue weighted by Gasteiger charge is -1.96. The summed E-state index contributed by atoms with van der Waals surface area (Å²) in [5, 5.41) is 9.07. The van der Waals surface area contributed by atoms with Gasteiger partial charge in [0.05, 0.1) is 0 Å². The third kappa shape index (κ3) is 2.56. The van der Waals surface area contributed by atoms with Crippen molar-refractivity contribution in [3.05, 3.63) is 40.9 Å². The molecule has 0 fully saturated rings. The van der Waals surface area contributed by atoms with Crippen LogP contribution in [0.5, 0.6) is 0 Å². The molecule has 0 unspecified atom stereocenters. The van der Waals surface area contributed by atoms with Crippen molar-refractivity contribution >= 4 is 23.1 Å². The third-order valence-electron chi connectivity index (χ3n) is 1.71. The summed E-state index contributed by atoms with van der Waals surface area (Å²) in [6.07, 6.45) is 0. The minimum atomic E-state index is 0.968. The molecule has 14 heavy (non-hydrogen) atoms. The molecular formula is C10H10N2S2. The zero-order valence-electron chi connectivity index (χ0n) is 7.80. The van der Waals surface area contributed by atoms with E-state index in [0.717, 1.165) is 15.1 Å². The Balaban J connectivity index is 1.95. The fourth-order valence-corrected chi connectivity index (χ4v) is 2.83. The topological polar surface area (TPSA) is 25.8 Å². The predicted molar refractivity (Wildman–Crippen MR) is 60.6 cm³/mol. The molecule has 0 saturated carbocycles. The highest BCUT2D eigenvalue weighted by molar-refractivity contribution is 8.00. The van der Waals surface area contributed by atoms with E-state index in [1.165, 1.54) is 5.56 Å². The molecule has 0 saturated heterocycles. The highest BCUT2D eigenvalue weighted by atomic mass is 32.2. The van der Waals surface area contributed by atoms with Crippen LogP contribution in [0.4, 0.5) is 0 Å². The van der Waals surface area contributed by atoms with Crippen molar-refractivity contribution in [3.8, 4) is 0 Å². The molecule has 0 aliphatic carbocycles. The number of hydrogen-bond donors (Lipinski definition) is 0. The maximum absolute atomic E-state index is 4.06. The minimum Gasteiger partial charge on any atom is -0.143 e. The third-order valence-corrected chi connectivity index (χ3v) is 3.76. The van der Waals surface area contributed by atoms with Crippen molar-refractivity contribution in [3.63, 3.8) is 0 Å². The Morgan fingerprint density at radius 3 is 2.64 bits per heavy atom. The van der Waals surface area contributed by atoms with E-state index in [2.05, 4.69) is 34.5 Å². The molecule has 1 aromatic carbocycles. The van der Waals surface area contributed by atoms with E-state index in [1.807, 2.05) is 13.0 Å². The van der Waals surface area contributed by atoms with Crippen molar-refractivity contribution in [2.45, 2.75) is 17.0 Å². The Morgan fingerprint density at radius 2 is 2.00 bits per heavy atom. The summed E-state index contributed by atoms with van der Waals surface area (Å²) in [5.41, 5.74) is 1.32. The van der Waals surface area contributed by atoms with E-state index < -0.39 is 0 Å². The van der Waals surface area contributed by atoms with Gasteiger partial charge in [0.2, 0.25) is 0 Å². The molecule has 0 aliphatic rings. The van der Waals surface area contributed by atoms with Gasteiger partial charge in [-0.25, -0.2) is 0 Å². The lowest BCUT2D eigenvalue weighted by atomic mass is 10.2. The molecule has 2 nitrogen and oxygen atoms in total. The molecule has 2 aromatic rings. The molecule has 0 amide bonds. The van der Waals surface area contributed by atoms with Gasteiger partial charge in [-0.3, -0.25) is 0 Å². The van der Waals surface area contributed by atoms with Crippen LogP contribution in [0.2, 0.25) is 0 Å². The van der Waals surface area contributed by atoms with E-state index in [1.54, 1.807) is 23.1 Å². The van der Waals surface area contributed by atoms with Crippen LogP contribution in [-0.4, -0.2) is 10.2 Å². The lowest BCUT2D eigenvalue weighted by Crippen LogP contribution is -1.78. The molecule has 0 N–H and O–H groups in total. The zero-order valence-corrected chi connectivity index (χ0v) is 9.44. The number of benzene rings is 1. The van der Waals surface area contributed by atoms with Gasteiger partial charge in [0.25, 0.3) is 0 Å². The van der Waals surface area contributed by atoms with Crippen LogP contribution in [-0.2, 0) is 5.75 Å². The average Bonchev–Trinajstić information content (AvgIpc) is 2.63. The summed E-state index contributed by atoms with van der Waals surface area (Å²) in [4.78, 5) is 0. The summed E-state index contributed by atoms with van der Waals surface area (Å²) in [7, 11) is 0. The Morgan fingerprint density at radius 1 is 1.21 bits per heavy atom. The van der Waals surface area contributed by atoms with Gasteiger partial charge in [-0.05, 0) is 12.5 Å². The van der Waals surface area contributed by atoms with Crippen molar-refractivity contribution in [1.82, 2.24) is 10.2 Å². The van der Waals surface area contributed by atoms with Gasteiger partial charge in [-0.2, -0.15) is 0 Å². The monoisotopic (exact) mass is 222 g/mol. The molecular weight excluding hydrogens is 212 g/mol. The van der Waals surface area contributed by atoms with Gasteiger partial charge in [0.1, 0.15) is 5.01 Å². The van der Waals surface area contributed by atoms with E-state index >= 15 is 0 Å². The molecule has 4 heteroatoms. The number of hydrogen-bond acceptors (Lipinski definition) is 4. The Labute approximate surface area is 91.4 Å². The summed E-state index contributed by atoms with van der Waals surface area (Å²) in [5.74, 6) is 0.968. The Kier molecular flexibility index (Phi) is 3.16. The highest BCUT2D eigenvalue weighted by Crippen LogP contribution is 2.25. The first-order valence-corrected chi connectivity index (χ1v) is 6.11. The normalized spacial score (nSPS) is 10.4. The van der Waals surface area contributed by atoms with Crippen LogP contribution in [0.15, 0.2) is 34.7 Å². The van der Waals surface area contributed by atoms with Gasteiger partial charge in [-0.1, -0.05) is 53.4 Å². The maximum Gasteiger partial charge on any atom is 0.174 e. The molecule has 0 aliphatic heterocycles. The van der Waals surface area contributed by atoms with Gasteiger partial charge < -0.3 is 0 Å². The fourth-order valence-electron chi connectivity index (χ4n) is 1.06. The molecule has 0 radical (unpaired) electrons. The summed E-state index contributed by atoms with van der Waals surface area (Å²) >= 11 is 3.39. The fraction of sp³-hybridized carbons (Fsp3) is 0.200. The van der Waals surface area contributed by atoms with Crippen molar-refractivity contribution in [1.29, 1.82) is 0 Å². The van der Waals surface area contributed by atoms with Crippen LogP contribution < -0.4 is 0 Å². The molecule has 2 rings (SSSR count). The summed E-state index contributed by atoms with van der Waals surface area (Å²) in [6.45, 7) is 1.98. The molecule has 0 atom stereocenters. The number of rotatable bonds is 3. The smallest absolute Gasteiger partial charge is 0.143 e. The molecule has 0 bridgehead atoms. The van der Waals surface area contributed by atoms with Gasteiger partial charge in [0, 0.05) is 5.75 Å².